The monoisotopic (exact) mass is 219 g/mol. The van der Waals surface area contributed by atoms with E-state index in [2.05, 4.69) is 0 Å². The summed E-state index contributed by atoms with van der Waals surface area (Å²) in [6.07, 6.45) is 0. The number of alkyl halides is 1. The summed E-state index contributed by atoms with van der Waals surface area (Å²) < 4.78 is 0. The van der Waals surface area contributed by atoms with Crippen LogP contribution in [0.25, 0.3) is 0 Å². The number of nitriles is 1. The maximum atomic E-state index is 8.49. The largest absolute Gasteiger partial charge is 0.196 e. The molecule has 1 rings (SSSR count). The van der Waals surface area contributed by atoms with Gasteiger partial charge in [-0.3, -0.25) is 0 Å². The van der Waals surface area contributed by atoms with Gasteiger partial charge >= 0.3 is 0 Å². The highest BCUT2D eigenvalue weighted by Gasteiger charge is 2.07. The highest BCUT2D eigenvalue weighted by molar-refractivity contribution is 6.42. The molecule has 0 saturated heterocycles. The van der Waals surface area contributed by atoms with E-state index in [-0.39, 0.29) is 0 Å². The molecule has 12 heavy (non-hydrogen) atoms. The third-order valence-electron chi connectivity index (χ3n) is 1.35. The van der Waals surface area contributed by atoms with E-state index < -0.39 is 5.38 Å². The summed E-state index contributed by atoms with van der Waals surface area (Å²) in [6, 6.07) is 6.77. The number of nitrogens with zero attached hydrogens (tertiary/aromatic N) is 1. The van der Waals surface area contributed by atoms with E-state index in [1.54, 1.807) is 18.2 Å². The van der Waals surface area contributed by atoms with Crippen LogP contribution >= 0.6 is 34.8 Å². The van der Waals surface area contributed by atoms with Gasteiger partial charge in [-0.15, -0.1) is 11.6 Å². The minimum absolute atomic E-state index is 0.412. The smallest absolute Gasteiger partial charge is 0.145 e. The predicted octanol–water partition coefficient (Wildman–Crippen LogP) is 3.80. The predicted molar refractivity (Wildman–Crippen MR) is 50.7 cm³/mol. The van der Waals surface area contributed by atoms with Gasteiger partial charge < -0.3 is 0 Å². The normalized spacial score (nSPS) is 12.2. The van der Waals surface area contributed by atoms with E-state index in [9.17, 15) is 0 Å². The first-order valence-electron chi connectivity index (χ1n) is 3.14. The molecule has 0 aliphatic heterocycles. The van der Waals surface area contributed by atoms with Crippen molar-refractivity contribution in [2.24, 2.45) is 0 Å². The summed E-state index contributed by atoms with van der Waals surface area (Å²) in [5.74, 6) is 0. The highest BCUT2D eigenvalue weighted by atomic mass is 35.5. The fourth-order valence-corrected chi connectivity index (χ4v) is 1.19. The molecular weight excluding hydrogens is 216 g/mol. The standard InChI is InChI=1S/C8H4Cl3N/c9-6-2-1-5(3-7(6)10)8(11)4-12/h1-3,8H. The van der Waals surface area contributed by atoms with Crippen molar-refractivity contribution in [1.82, 2.24) is 0 Å². The molecule has 0 aromatic heterocycles. The molecule has 62 valence electrons. The number of rotatable bonds is 1. The Hall–Kier alpha value is -0.420. The summed E-state index contributed by atoms with van der Waals surface area (Å²) in [4.78, 5) is 0. The molecular formula is C8H4Cl3N. The first kappa shape index (κ1) is 9.67. The summed E-state index contributed by atoms with van der Waals surface area (Å²) >= 11 is 17.0. The lowest BCUT2D eigenvalue weighted by Crippen LogP contribution is -1.85. The molecule has 0 fully saturated rings. The number of benzene rings is 1. The van der Waals surface area contributed by atoms with Crippen LogP contribution in [0, 0.1) is 11.3 Å². The van der Waals surface area contributed by atoms with Crippen LogP contribution in [0.2, 0.25) is 10.0 Å². The Morgan fingerprint density at radius 3 is 2.42 bits per heavy atom. The second-order valence-electron chi connectivity index (χ2n) is 2.17. The second-order valence-corrected chi connectivity index (χ2v) is 3.42. The molecule has 0 bridgehead atoms. The third-order valence-corrected chi connectivity index (χ3v) is 2.44. The van der Waals surface area contributed by atoms with Crippen LogP contribution in [0.4, 0.5) is 0 Å². The van der Waals surface area contributed by atoms with Gasteiger partial charge in [0.15, 0.2) is 0 Å². The molecule has 1 aromatic carbocycles. The van der Waals surface area contributed by atoms with Gasteiger partial charge in [0.1, 0.15) is 5.38 Å². The molecule has 0 N–H and O–H groups in total. The van der Waals surface area contributed by atoms with Crippen molar-refractivity contribution < 1.29 is 0 Å². The average Bonchev–Trinajstić information content (AvgIpc) is 2.08. The van der Waals surface area contributed by atoms with Gasteiger partial charge in [0, 0.05) is 0 Å². The van der Waals surface area contributed by atoms with Crippen LogP contribution in [0.5, 0.6) is 0 Å². The summed E-state index contributed by atoms with van der Waals surface area (Å²) in [5, 5.41) is 8.70. The SMILES string of the molecule is N#CC(Cl)c1ccc(Cl)c(Cl)c1. The molecule has 1 nitrogen and oxygen atoms in total. The van der Waals surface area contributed by atoms with E-state index in [1.807, 2.05) is 6.07 Å². The zero-order valence-corrected chi connectivity index (χ0v) is 8.16. The fraction of sp³-hybridized carbons (Fsp3) is 0.125. The Labute approximate surface area is 85.5 Å². The quantitative estimate of drug-likeness (QED) is 0.661. The van der Waals surface area contributed by atoms with Crippen molar-refractivity contribution in [1.29, 1.82) is 5.26 Å². The topological polar surface area (TPSA) is 23.8 Å². The zero-order valence-electron chi connectivity index (χ0n) is 5.89. The molecule has 0 radical (unpaired) electrons. The summed E-state index contributed by atoms with van der Waals surface area (Å²) in [5.41, 5.74) is 0.661. The third kappa shape index (κ3) is 2.04. The molecule has 1 atom stereocenters. The summed E-state index contributed by atoms with van der Waals surface area (Å²) in [6.45, 7) is 0. The molecule has 0 spiro atoms. The van der Waals surface area contributed by atoms with Gasteiger partial charge in [-0.25, -0.2) is 0 Å². The van der Waals surface area contributed by atoms with Crippen LogP contribution in [0.1, 0.15) is 10.9 Å². The lowest BCUT2D eigenvalue weighted by Gasteiger charge is -2.01. The fourth-order valence-electron chi connectivity index (χ4n) is 0.745. The Bertz CT molecular complexity index is 330. The van der Waals surface area contributed by atoms with Gasteiger partial charge in [0.2, 0.25) is 0 Å². The van der Waals surface area contributed by atoms with Crippen molar-refractivity contribution in [3.63, 3.8) is 0 Å². The van der Waals surface area contributed by atoms with E-state index >= 15 is 0 Å². The van der Waals surface area contributed by atoms with E-state index in [4.69, 9.17) is 40.1 Å². The lowest BCUT2D eigenvalue weighted by molar-refractivity contribution is 1.21. The van der Waals surface area contributed by atoms with Gasteiger partial charge in [0.25, 0.3) is 0 Å². The van der Waals surface area contributed by atoms with Crippen LogP contribution in [0.3, 0.4) is 0 Å². The van der Waals surface area contributed by atoms with Crippen LogP contribution in [0.15, 0.2) is 18.2 Å². The molecule has 0 aliphatic carbocycles. The van der Waals surface area contributed by atoms with Crippen molar-refractivity contribution in [2.45, 2.75) is 5.38 Å². The molecule has 0 heterocycles. The number of hydrogen-bond acceptors (Lipinski definition) is 1. The summed E-state index contributed by atoms with van der Waals surface area (Å²) in [7, 11) is 0. The van der Waals surface area contributed by atoms with E-state index in [0.717, 1.165) is 0 Å². The van der Waals surface area contributed by atoms with Crippen molar-refractivity contribution in [3.05, 3.63) is 33.8 Å². The number of hydrogen-bond donors (Lipinski definition) is 0. The molecule has 1 aromatic rings. The maximum absolute atomic E-state index is 8.49. The highest BCUT2D eigenvalue weighted by Crippen LogP contribution is 2.27. The van der Waals surface area contributed by atoms with Crippen LogP contribution < -0.4 is 0 Å². The lowest BCUT2D eigenvalue weighted by atomic mass is 10.2. The first-order chi connectivity index (χ1) is 5.65. The van der Waals surface area contributed by atoms with Gasteiger partial charge in [-0.2, -0.15) is 5.26 Å². The minimum Gasteiger partial charge on any atom is -0.196 e. The zero-order chi connectivity index (χ0) is 9.14. The second kappa shape index (κ2) is 4.00. The first-order valence-corrected chi connectivity index (χ1v) is 4.33. The molecule has 0 saturated carbocycles. The van der Waals surface area contributed by atoms with Gasteiger partial charge in [0.05, 0.1) is 16.1 Å². The Kier molecular flexibility index (Phi) is 3.22. The van der Waals surface area contributed by atoms with Crippen molar-refractivity contribution in [3.8, 4) is 6.07 Å². The maximum Gasteiger partial charge on any atom is 0.145 e. The molecule has 4 heteroatoms. The average molecular weight is 220 g/mol. The Morgan fingerprint density at radius 2 is 1.92 bits per heavy atom. The Morgan fingerprint density at radius 1 is 1.25 bits per heavy atom. The van der Waals surface area contributed by atoms with Crippen LogP contribution in [-0.4, -0.2) is 0 Å². The van der Waals surface area contributed by atoms with Crippen molar-refractivity contribution in [2.75, 3.05) is 0 Å². The van der Waals surface area contributed by atoms with E-state index in [0.29, 0.717) is 15.6 Å². The van der Waals surface area contributed by atoms with Crippen LogP contribution in [-0.2, 0) is 0 Å². The van der Waals surface area contributed by atoms with Gasteiger partial charge in [-0.1, -0.05) is 29.3 Å². The van der Waals surface area contributed by atoms with Crippen molar-refractivity contribution >= 4 is 34.8 Å². The number of halogens is 3. The molecule has 0 aliphatic rings. The Balaban J connectivity index is 3.06. The minimum atomic E-state index is -0.667. The molecule has 0 amide bonds. The van der Waals surface area contributed by atoms with Gasteiger partial charge in [-0.05, 0) is 17.7 Å². The molecule has 1 unspecified atom stereocenters. The van der Waals surface area contributed by atoms with E-state index in [1.165, 1.54) is 0 Å².